The van der Waals surface area contributed by atoms with Gasteiger partial charge in [-0.1, -0.05) is 18.2 Å². The van der Waals surface area contributed by atoms with Crippen LogP contribution in [-0.4, -0.2) is 83.4 Å². The van der Waals surface area contributed by atoms with Gasteiger partial charge in [-0.25, -0.2) is 9.59 Å². The minimum Gasteiger partial charge on any atom is -0.497 e. The van der Waals surface area contributed by atoms with E-state index < -0.39 is 24.3 Å². The van der Waals surface area contributed by atoms with Gasteiger partial charge in [-0.3, -0.25) is 9.88 Å². The van der Waals surface area contributed by atoms with Gasteiger partial charge < -0.3 is 24.4 Å². The first-order valence-corrected chi connectivity index (χ1v) is 11.3. The van der Waals surface area contributed by atoms with Crippen molar-refractivity contribution in [3.63, 3.8) is 0 Å². The number of aromatic nitrogens is 1. The number of likely N-dealkylation sites (tertiary alicyclic amines) is 1. The highest BCUT2D eigenvalue weighted by Gasteiger charge is 2.46. The number of carbonyl (C=O) groups is 2. The van der Waals surface area contributed by atoms with Crippen molar-refractivity contribution in [1.82, 2.24) is 9.88 Å². The number of hydrogen-bond acceptors (Lipinski definition) is 7. The minimum atomic E-state index is -5.08. The summed E-state index contributed by atoms with van der Waals surface area (Å²) in [6.45, 7) is 4.00. The van der Waals surface area contributed by atoms with Crippen LogP contribution in [0, 0.1) is 5.92 Å². The molecule has 0 bridgehead atoms. The minimum absolute atomic E-state index is 0.202. The Kier molecular flexibility index (Phi) is 11.5. The van der Waals surface area contributed by atoms with Crippen LogP contribution in [0.4, 0.5) is 26.3 Å². The summed E-state index contributed by atoms with van der Waals surface area (Å²) in [7, 11) is 1.69. The van der Waals surface area contributed by atoms with Gasteiger partial charge in [0.2, 0.25) is 0 Å². The molecule has 0 aliphatic carbocycles. The molecule has 3 heterocycles. The normalized spacial score (nSPS) is 20.6. The number of ether oxygens (including phenoxy) is 3. The Bertz CT molecular complexity index is 1030. The smallest absolute Gasteiger partial charge is 0.490 e. The average Bonchev–Trinajstić information content (AvgIpc) is 3.48. The third-order valence-corrected chi connectivity index (χ3v) is 5.66. The SMILES string of the molecule is COc1ccc(CN2C[C@@H](OCc3ccccn3)[C@H]3COC[C@H]32)cc1.O=C(O)C(F)(F)F.O=C(O)C(F)(F)F. The van der Waals surface area contributed by atoms with Gasteiger partial charge in [-0.05, 0) is 29.8 Å². The molecule has 2 aliphatic rings. The maximum Gasteiger partial charge on any atom is 0.490 e. The molecule has 216 valence electrons. The van der Waals surface area contributed by atoms with Crippen molar-refractivity contribution in [2.45, 2.75) is 37.7 Å². The van der Waals surface area contributed by atoms with Gasteiger partial charge in [0, 0.05) is 31.2 Å². The Morgan fingerprint density at radius 1 is 1.00 bits per heavy atom. The monoisotopic (exact) mass is 568 g/mol. The zero-order valence-electron chi connectivity index (χ0n) is 20.5. The molecule has 0 saturated carbocycles. The van der Waals surface area contributed by atoms with Crippen molar-refractivity contribution in [2.75, 3.05) is 26.9 Å². The van der Waals surface area contributed by atoms with E-state index in [4.69, 9.17) is 34.0 Å². The Morgan fingerprint density at radius 2 is 1.59 bits per heavy atom. The Hall–Kier alpha value is -3.43. The zero-order valence-corrected chi connectivity index (χ0v) is 20.5. The van der Waals surface area contributed by atoms with Crippen LogP contribution >= 0.6 is 0 Å². The van der Waals surface area contributed by atoms with Crippen LogP contribution in [0.15, 0.2) is 48.7 Å². The molecule has 4 rings (SSSR count). The molecular formula is C24H26F6N2O7. The van der Waals surface area contributed by atoms with E-state index in [0.717, 1.165) is 37.7 Å². The Labute approximate surface area is 218 Å². The van der Waals surface area contributed by atoms with Crippen LogP contribution in [0.5, 0.6) is 5.75 Å². The van der Waals surface area contributed by atoms with Gasteiger partial charge in [0.15, 0.2) is 0 Å². The van der Waals surface area contributed by atoms with E-state index in [1.807, 2.05) is 36.5 Å². The number of methoxy groups -OCH3 is 1. The van der Waals surface area contributed by atoms with Crippen molar-refractivity contribution in [1.29, 1.82) is 0 Å². The average molecular weight is 568 g/mol. The number of fused-ring (bicyclic) bond motifs is 1. The quantitative estimate of drug-likeness (QED) is 0.502. The molecule has 2 aliphatic heterocycles. The fourth-order valence-electron chi connectivity index (χ4n) is 3.79. The predicted molar refractivity (Wildman–Crippen MR) is 122 cm³/mol. The van der Waals surface area contributed by atoms with Gasteiger partial charge >= 0.3 is 24.3 Å². The fourth-order valence-corrected chi connectivity index (χ4v) is 3.79. The lowest BCUT2D eigenvalue weighted by Gasteiger charge is -2.22. The molecule has 2 fully saturated rings. The summed E-state index contributed by atoms with van der Waals surface area (Å²) >= 11 is 0. The predicted octanol–water partition coefficient (Wildman–Crippen LogP) is 3.77. The number of aliphatic carboxylic acids is 2. The molecule has 15 heteroatoms. The van der Waals surface area contributed by atoms with Crippen molar-refractivity contribution in [2.24, 2.45) is 5.92 Å². The second-order valence-electron chi connectivity index (χ2n) is 8.32. The highest BCUT2D eigenvalue weighted by molar-refractivity contribution is 5.73. The van der Waals surface area contributed by atoms with Gasteiger partial charge in [0.1, 0.15) is 5.75 Å². The van der Waals surface area contributed by atoms with E-state index in [1.54, 1.807) is 7.11 Å². The molecule has 0 radical (unpaired) electrons. The van der Waals surface area contributed by atoms with Crippen molar-refractivity contribution in [3.05, 3.63) is 59.9 Å². The highest BCUT2D eigenvalue weighted by Crippen LogP contribution is 2.33. The van der Waals surface area contributed by atoms with Crippen molar-refractivity contribution >= 4 is 11.9 Å². The third kappa shape index (κ3) is 10.3. The summed E-state index contributed by atoms with van der Waals surface area (Å²) in [6, 6.07) is 14.7. The molecule has 0 spiro atoms. The molecule has 0 unspecified atom stereocenters. The topological polar surface area (TPSA) is 118 Å². The first kappa shape index (κ1) is 31.8. The number of rotatable bonds is 6. The van der Waals surface area contributed by atoms with Gasteiger partial charge in [0.05, 0.1) is 38.7 Å². The van der Waals surface area contributed by atoms with Crippen LogP contribution in [0.2, 0.25) is 0 Å². The molecule has 2 aromatic rings. The summed E-state index contributed by atoms with van der Waals surface area (Å²) in [5.74, 6) is -4.18. The molecule has 39 heavy (non-hydrogen) atoms. The molecule has 3 atom stereocenters. The summed E-state index contributed by atoms with van der Waals surface area (Å²) in [5, 5.41) is 14.2. The van der Waals surface area contributed by atoms with Crippen LogP contribution in [0.25, 0.3) is 0 Å². The molecular weight excluding hydrogens is 542 g/mol. The number of alkyl halides is 6. The summed E-state index contributed by atoms with van der Waals surface area (Å²) in [4.78, 5) is 24.6. The molecule has 1 aromatic heterocycles. The van der Waals surface area contributed by atoms with E-state index in [2.05, 4.69) is 22.0 Å². The summed E-state index contributed by atoms with van der Waals surface area (Å²) in [6.07, 6.45) is -8.15. The number of benzene rings is 1. The second-order valence-corrected chi connectivity index (χ2v) is 8.32. The largest absolute Gasteiger partial charge is 0.497 e. The standard InChI is InChI=1S/C20H24N2O3.2C2HF3O2/c1-23-17-7-5-15(6-8-17)10-22-11-20(18-13-24-14-19(18)22)25-12-16-4-2-3-9-21-16;2*3-2(4,5)1(6)7/h2-9,18-20H,10-14H2,1H3;2*(H,6,7)/t18-,19+,20+;;/m0../s1. The van der Waals surface area contributed by atoms with Crippen molar-refractivity contribution < 1.29 is 60.4 Å². The molecule has 2 saturated heterocycles. The van der Waals surface area contributed by atoms with Gasteiger partial charge in [0.25, 0.3) is 0 Å². The van der Waals surface area contributed by atoms with Gasteiger partial charge in [-0.2, -0.15) is 26.3 Å². The van der Waals surface area contributed by atoms with E-state index in [1.165, 1.54) is 5.56 Å². The summed E-state index contributed by atoms with van der Waals surface area (Å²) < 4.78 is 80.7. The number of carboxylic acid groups (broad SMARTS) is 2. The number of nitrogens with zero attached hydrogens (tertiary/aromatic N) is 2. The lowest BCUT2D eigenvalue weighted by molar-refractivity contribution is -0.193. The Balaban J connectivity index is 0.000000317. The molecule has 0 amide bonds. The maximum atomic E-state index is 10.6. The van der Waals surface area contributed by atoms with Crippen LogP contribution in [0.3, 0.4) is 0 Å². The van der Waals surface area contributed by atoms with Crippen LogP contribution < -0.4 is 4.74 Å². The zero-order chi connectivity index (χ0) is 29.2. The van der Waals surface area contributed by atoms with E-state index in [9.17, 15) is 26.3 Å². The third-order valence-electron chi connectivity index (χ3n) is 5.66. The van der Waals surface area contributed by atoms with Crippen molar-refractivity contribution in [3.8, 4) is 5.75 Å². The van der Waals surface area contributed by atoms with E-state index in [-0.39, 0.29) is 6.10 Å². The number of hydrogen-bond donors (Lipinski definition) is 2. The number of pyridine rings is 1. The number of carboxylic acids is 2. The first-order chi connectivity index (χ1) is 18.2. The van der Waals surface area contributed by atoms with Gasteiger partial charge in [-0.15, -0.1) is 0 Å². The molecule has 1 aromatic carbocycles. The van der Waals surface area contributed by atoms with E-state index in [0.29, 0.717) is 18.6 Å². The Morgan fingerprint density at radius 3 is 2.08 bits per heavy atom. The lowest BCUT2D eigenvalue weighted by Crippen LogP contribution is -2.32. The molecule has 9 nitrogen and oxygen atoms in total. The number of halogens is 6. The van der Waals surface area contributed by atoms with Crippen LogP contribution in [0.1, 0.15) is 11.3 Å². The lowest BCUT2D eigenvalue weighted by atomic mass is 10.0. The van der Waals surface area contributed by atoms with Crippen LogP contribution in [-0.2, 0) is 32.2 Å². The highest BCUT2D eigenvalue weighted by atomic mass is 19.4. The molecule has 2 N–H and O–H groups in total. The fraction of sp³-hybridized carbons (Fsp3) is 0.458. The first-order valence-electron chi connectivity index (χ1n) is 11.3. The maximum absolute atomic E-state index is 10.6. The summed E-state index contributed by atoms with van der Waals surface area (Å²) in [5.41, 5.74) is 2.27. The second kappa shape index (κ2) is 14.1. The van der Waals surface area contributed by atoms with E-state index >= 15 is 0 Å².